The minimum absolute atomic E-state index is 0.311. The SMILES string of the molecule is CC(C)c1ccc(C2OCCn3c(-c4ccc(Cl)cc4)c4c(=O)n(C)c(=O)n(C)c4c32)cc1. The van der Waals surface area contributed by atoms with Gasteiger partial charge in [-0.15, -0.1) is 0 Å². The van der Waals surface area contributed by atoms with Gasteiger partial charge in [0, 0.05) is 25.7 Å². The Balaban J connectivity index is 1.86. The number of ether oxygens (including phenoxy) is 1. The zero-order chi connectivity index (χ0) is 23.4. The summed E-state index contributed by atoms with van der Waals surface area (Å²) in [6.07, 6.45) is -0.388. The first-order valence-corrected chi connectivity index (χ1v) is 11.5. The van der Waals surface area contributed by atoms with E-state index in [9.17, 15) is 9.59 Å². The molecule has 1 aliphatic heterocycles. The second-order valence-electron chi connectivity index (χ2n) is 8.89. The van der Waals surface area contributed by atoms with E-state index in [1.807, 2.05) is 24.3 Å². The summed E-state index contributed by atoms with van der Waals surface area (Å²) in [5, 5.41) is 1.14. The second kappa shape index (κ2) is 8.04. The molecule has 0 saturated heterocycles. The molecule has 0 spiro atoms. The Labute approximate surface area is 196 Å². The molecule has 2 aromatic heterocycles. The van der Waals surface area contributed by atoms with Crippen LogP contribution in [0.1, 0.15) is 42.7 Å². The Morgan fingerprint density at radius 2 is 1.64 bits per heavy atom. The standard InChI is InChI=1S/C26H26ClN3O3/c1-15(2)16-5-7-18(8-6-16)24-23-22-20(25(31)29(4)26(32)28(22)3)21(30(23)13-14-33-24)17-9-11-19(27)12-10-17/h5-12,15,24H,13-14H2,1-4H3. The van der Waals surface area contributed by atoms with Crippen molar-refractivity contribution in [3.63, 3.8) is 0 Å². The summed E-state index contributed by atoms with van der Waals surface area (Å²) in [5.41, 5.74) is 4.69. The normalized spacial score (nSPS) is 15.9. The number of halogens is 1. The lowest BCUT2D eigenvalue weighted by Crippen LogP contribution is -2.37. The Bertz CT molecular complexity index is 1480. The molecular formula is C26H26ClN3O3. The van der Waals surface area contributed by atoms with Crippen LogP contribution in [0.5, 0.6) is 0 Å². The van der Waals surface area contributed by atoms with E-state index in [1.165, 1.54) is 17.2 Å². The summed E-state index contributed by atoms with van der Waals surface area (Å²) in [4.78, 5) is 26.3. The molecule has 0 amide bonds. The van der Waals surface area contributed by atoms with Gasteiger partial charge in [0.05, 0.1) is 28.9 Å². The highest BCUT2D eigenvalue weighted by Gasteiger charge is 2.33. The van der Waals surface area contributed by atoms with E-state index in [-0.39, 0.29) is 17.4 Å². The van der Waals surface area contributed by atoms with Crippen LogP contribution < -0.4 is 11.2 Å². The van der Waals surface area contributed by atoms with E-state index < -0.39 is 0 Å². The molecule has 33 heavy (non-hydrogen) atoms. The van der Waals surface area contributed by atoms with Crippen molar-refractivity contribution in [1.29, 1.82) is 0 Å². The number of aryl methyl sites for hydroxylation is 1. The molecule has 0 bridgehead atoms. The number of aromatic nitrogens is 3. The van der Waals surface area contributed by atoms with Crippen LogP contribution in [-0.2, 0) is 25.4 Å². The number of fused-ring (bicyclic) bond motifs is 3. The first kappa shape index (κ1) is 21.7. The Morgan fingerprint density at radius 3 is 2.27 bits per heavy atom. The third kappa shape index (κ3) is 3.36. The number of benzene rings is 2. The monoisotopic (exact) mass is 463 g/mol. The summed E-state index contributed by atoms with van der Waals surface area (Å²) in [7, 11) is 3.23. The summed E-state index contributed by atoms with van der Waals surface area (Å²) in [6.45, 7) is 5.41. The molecule has 1 unspecified atom stereocenters. The number of hydrogen-bond donors (Lipinski definition) is 0. The van der Waals surface area contributed by atoms with E-state index in [0.717, 1.165) is 22.5 Å². The molecule has 2 aromatic carbocycles. The Kier molecular flexibility index (Phi) is 5.30. The maximum atomic E-state index is 13.4. The first-order valence-electron chi connectivity index (χ1n) is 11.1. The van der Waals surface area contributed by atoms with Crippen LogP contribution in [0.2, 0.25) is 5.02 Å². The Morgan fingerprint density at radius 1 is 0.970 bits per heavy atom. The van der Waals surface area contributed by atoms with Gasteiger partial charge in [0.15, 0.2) is 0 Å². The predicted octanol–water partition coefficient (Wildman–Crippen LogP) is 4.60. The topological polar surface area (TPSA) is 58.2 Å². The van der Waals surface area contributed by atoms with Crippen LogP contribution in [0.3, 0.4) is 0 Å². The largest absolute Gasteiger partial charge is 0.365 e. The van der Waals surface area contributed by atoms with Crippen molar-refractivity contribution in [2.24, 2.45) is 14.1 Å². The van der Waals surface area contributed by atoms with Gasteiger partial charge in [0.2, 0.25) is 0 Å². The molecule has 170 valence electrons. The van der Waals surface area contributed by atoms with Gasteiger partial charge in [-0.1, -0.05) is 61.8 Å². The maximum absolute atomic E-state index is 13.4. The molecule has 1 atom stereocenters. The summed E-state index contributed by atoms with van der Waals surface area (Å²) >= 11 is 6.14. The molecule has 3 heterocycles. The van der Waals surface area contributed by atoms with Crippen LogP contribution in [0.25, 0.3) is 22.2 Å². The van der Waals surface area contributed by atoms with E-state index in [0.29, 0.717) is 35.0 Å². The molecule has 0 radical (unpaired) electrons. The summed E-state index contributed by atoms with van der Waals surface area (Å²) in [6, 6.07) is 15.9. The van der Waals surface area contributed by atoms with E-state index in [1.54, 1.807) is 11.6 Å². The first-order chi connectivity index (χ1) is 15.8. The zero-order valence-electron chi connectivity index (χ0n) is 19.1. The lowest BCUT2D eigenvalue weighted by Gasteiger charge is -2.28. The van der Waals surface area contributed by atoms with Gasteiger partial charge in [-0.2, -0.15) is 0 Å². The van der Waals surface area contributed by atoms with Crippen molar-refractivity contribution < 1.29 is 4.74 Å². The molecule has 4 aromatic rings. The third-order valence-electron chi connectivity index (χ3n) is 6.58. The predicted molar refractivity (Wildman–Crippen MR) is 131 cm³/mol. The average molecular weight is 464 g/mol. The van der Waals surface area contributed by atoms with Gasteiger partial charge in [0.1, 0.15) is 6.10 Å². The van der Waals surface area contributed by atoms with Gasteiger partial charge in [0.25, 0.3) is 5.56 Å². The molecule has 1 aliphatic rings. The van der Waals surface area contributed by atoms with Gasteiger partial charge in [-0.05, 0) is 34.7 Å². The van der Waals surface area contributed by atoms with Gasteiger partial charge in [-0.3, -0.25) is 13.9 Å². The highest BCUT2D eigenvalue weighted by atomic mass is 35.5. The van der Waals surface area contributed by atoms with Crippen LogP contribution in [0.4, 0.5) is 0 Å². The van der Waals surface area contributed by atoms with E-state index in [4.69, 9.17) is 16.3 Å². The second-order valence-corrected chi connectivity index (χ2v) is 9.33. The number of hydrogen-bond acceptors (Lipinski definition) is 3. The minimum Gasteiger partial charge on any atom is -0.365 e. The van der Waals surface area contributed by atoms with Crippen molar-refractivity contribution in [1.82, 2.24) is 13.7 Å². The van der Waals surface area contributed by atoms with Crippen molar-refractivity contribution in [2.75, 3.05) is 6.61 Å². The highest BCUT2D eigenvalue weighted by molar-refractivity contribution is 6.30. The molecular weight excluding hydrogens is 438 g/mol. The summed E-state index contributed by atoms with van der Waals surface area (Å²) in [5.74, 6) is 0.427. The van der Waals surface area contributed by atoms with Crippen LogP contribution in [0, 0.1) is 0 Å². The molecule has 0 aliphatic carbocycles. The van der Waals surface area contributed by atoms with Crippen LogP contribution >= 0.6 is 11.6 Å². The number of nitrogens with zero attached hydrogens (tertiary/aromatic N) is 3. The molecule has 7 heteroatoms. The third-order valence-corrected chi connectivity index (χ3v) is 6.83. The zero-order valence-corrected chi connectivity index (χ0v) is 19.9. The Hall–Kier alpha value is -3.09. The van der Waals surface area contributed by atoms with E-state index in [2.05, 4.69) is 42.7 Å². The molecule has 0 fully saturated rings. The van der Waals surface area contributed by atoms with E-state index >= 15 is 0 Å². The van der Waals surface area contributed by atoms with Gasteiger partial charge >= 0.3 is 5.69 Å². The van der Waals surface area contributed by atoms with Gasteiger partial charge < -0.3 is 9.30 Å². The smallest absolute Gasteiger partial charge is 0.331 e. The molecule has 0 saturated carbocycles. The average Bonchev–Trinajstić information content (AvgIpc) is 3.17. The fraction of sp³-hybridized carbons (Fsp3) is 0.308. The molecule has 6 nitrogen and oxygen atoms in total. The minimum atomic E-state index is -0.388. The molecule has 5 rings (SSSR count). The van der Waals surface area contributed by atoms with Crippen molar-refractivity contribution in [3.8, 4) is 11.3 Å². The fourth-order valence-corrected chi connectivity index (χ4v) is 4.92. The molecule has 0 N–H and O–H groups in total. The lowest BCUT2D eigenvalue weighted by atomic mass is 9.98. The van der Waals surface area contributed by atoms with Gasteiger partial charge in [-0.25, -0.2) is 4.79 Å². The maximum Gasteiger partial charge on any atom is 0.331 e. The van der Waals surface area contributed by atoms with Crippen molar-refractivity contribution >= 4 is 22.5 Å². The summed E-state index contributed by atoms with van der Waals surface area (Å²) < 4.78 is 11.1. The van der Waals surface area contributed by atoms with Crippen LogP contribution in [-0.4, -0.2) is 20.3 Å². The number of rotatable bonds is 3. The fourth-order valence-electron chi connectivity index (χ4n) is 4.80. The highest BCUT2D eigenvalue weighted by Crippen LogP contribution is 2.40. The van der Waals surface area contributed by atoms with Crippen molar-refractivity contribution in [3.05, 3.63) is 91.2 Å². The lowest BCUT2D eigenvalue weighted by molar-refractivity contribution is 0.0478. The quantitative estimate of drug-likeness (QED) is 0.446. The van der Waals surface area contributed by atoms with Crippen molar-refractivity contribution in [2.45, 2.75) is 32.4 Å². The van der Waals surface area contributed by atoms with Crippen LogP contribution in [0.15, 0.2) is 58.1 Å².